The minimum Gasteiger partial charge on any atom is -0.494 e. The molecular weight excluding hydrogens is 905 g/mol. The molecule has 0 radical (unpaired) electrons. The molecule has 0 heterocycles. The largest absolute Gasteiger partial charge is 0.494 e. The second-order valence-electron chi connectivity index (χ2n) is 17.2. The summed E-state index contributed by atoms with van der Waals surface area (Å²) in [6, 6.07) is 32.3. The van der Waals surface area contributed by atoms with Gasteiger partial charge >= 0.3 is 23.9 Å². The van der Waals surface area contributed by atoms with Gasteiger partial charge in [0, 0.05) is 60.6 Å². The zero-order valence-corrected chi connectivity index (χ0v) is 41.4. The number of hydrogen-bond acceptors (Lipinski definition) is 14. The van der Waals surface area contributed by atoms with E-state index in [2.05, 4.69) is 36.8 Å². The monoisotopic (exact) mass is 974 g/mol. The van der Waals surface area contributed by atoms with Crippen LogP contribution in [0.2, 0.25) is 0 Å². The Balaban J connectivity index is 1.28. The molecule has 4 aromatic rings. The first-order valence-corrected chi connectivity index (χ1v) is 24.5. The van der Waals surface area contributed by atoms with Crippen molar-refractivity contribution in [2.45, 2.75) is 65.2 Å². The first kappa shape index (κ1) is 56.7. The lowest BCUT2D eigenvalue weighted by Gasteiger charge is -2.31. The smallest absolute Gasteiger partial charge is 0.330 e. The number of ketones is 2. The molecule has 0 aliphatic rings. The van der Waals surface area contributed by atoms with E-state index in [4.69, 9.17) is 28.4 Å². The van der Waals surface area contributed by atoms with Gasteiger partial charge in [-0.05, 0) is 87.3 Å². The van der Waals surface area contributed by atoms with Crippen LogP contribution in [0.15, 0.2) is 135 Å². The highest BCUT2D eigenvalue weighted by atomic mass is 16.6. The second kappa shape index (κ2) is 32.1. The standard InChI is InChI=1S/C57H70N2O12/c1-5-9-33-58(35-17-39-66-49-27-23-47(24-28-49)55(64)45-19-13-11-14-20-45)37-31-53(62)70-43-57(41-68-51(60)7-3,42-69-52(61)8-4)44-71-54(63)32-38-59(34-10-6-2)36-18-40-67-50-29-25-48(26-30-50)56(65)46-21-15-12-16-22-46/h7-8,11-16,19-30H,3-6,9-10,17-18,31-44H2,1-2H3. The molecule has 4 aromatic carbocycles. The van der Waals surface area contributed by atoms with E-state index >= 15 is 0 Å². The highest BCUT2D eigenvalue weighted by Gasteiger charge is 2.38. The average molecular weight is 975 g/mol. The minimum atomic E-state index is -1.44. The topological polar surface area (TPSA) is 164 Å². The molecule has 0 N–H and O–H groups in total. The Hall–Kier alpha value is -6.90. The van der Waals surface area contributed by atoms with Gasteiger partial charge in [-0.1, -0.05) is 101 Å². The lowest BCUT2D eigenvalue weighted by atomic mass is 9.92. The number of hydrogen-bond donors (Lipinski definition) is 0. The summed E-state index contributed by atoms with van der Waals surface area (Å²) in [4.78, 5) is 81.1. The van der Waals surface area contributed by atoms with Crippen molar-refractivity contribution in [3.8, 4) is 11.5 Å². The first-order chi connectivity index (χ1) is 34.5. The van der Waals surface area contributed by atoms with Gasteiger partial charge in [-0.25, -0.2) is 9.59 Å². The molecule has 0 amide bonds. The van der Waals surface area contributed by atoms with Gasteiger partial charge in [0.1, 0.15) is 43.3 Å². The van der Waals surface area contributed by atoms with E-state index in [1.165, 1.54) is 0 Å². The zero-order valence-electron chi connectivity index (χ0n) is 41.4. The Labute approximate surface area is 418 Å². The third-order valence-corrected chi connectivity index (χ3v) is 11.5. The molecule has 14 heteroatoms. The van der Waals surface area contributed by atoms with Crippen LogP contribution in [0, 0.1) is 5.41 Å². The maximum Gasteiger partial charge on any atom is 0.330 e. The Bertz CT molecular complexity index is 2100. The lowest BCUT2D eigenvalue weighted by Crippen LogP contribution is -2.44. The van der Waals surface area contributed by atoms with Crippen molar-refractivity contribution in [3.63, 3.8) is 0 Å². The molecule has 380 valence electrons. The number of carbonyl (C=O) groups excluding carboxylic acids is 6. The molecule has 0 aliphatic heterocycles. The summed E-state index contributed by atoms with van der Waals surface area (Å²) < 4.78 is 34.2. The van der Waals surface area contributed by atoms with Gasteiger partial charge in [0.15, 0.2) is 11.6 Å². The average Bonchev–Trinajstić information content (AvgIpc) is 3.41. The summed E-state index contributed by atoms with van der Waals surface area (Å²) in [5, 5.41) is 0. The highest BCUT2D eigenvalue weighted by Crippen LogP contribution is 2.23. The maximum absolute atomic E-state index is 13.3. The van der Waals surface area contributed by atoms with Crippen molar-refractivity contribution < 1.29 is 57.2 Å². The molecule has 0 bridgehead atoms. The molecule has 14 nitrogen and oxygen atoms in total. The van der Waals surface area contributed by atoms with Crippen LogP contribution in [-0.2, 0) is 38.1 Å². The van der Waals surface area contributed by atoms with Crippen LogP contribution in [0.4, 0.5) is 0 Å². The second-order valence-corrected chi connectivity index (χ2v) is 17.2. The quantitative estimate of drug-likeness (QED) is 0.0140. The predicted molar refractivity (Wildman–Crippen MR) is 271 cm³/mol. The fourth-order valence-electron chi connectivity index (χ4n) is 7.23. The summed E-state index contributed by atoms with van der Waals surface area (Å²) in [5.41, 5.74) is 0.942. The van der Waals surface area contributed by atoms with Gasteiger partial charge in [0.25, 0.3) is 0 Å². The van der Waals surface area contributed by atoms with Crippen LogP contribution < -0.4 is 9.47 Å². The molecule has 4 rings (SSSR count). The van der Waals surface area contributed by atoms with E-state index in [-0.39, 0.29) is 37.6 Å². The van der Waals surface area contributed by atoms with Crippen molar-refractivity contribution in [2.75, 3.05) is 78.9 Å². The van der Waals surface area contributed by atoms with Crippen molar-refractivity contribution >= 4 is 35.4 Å². The van der Waals surface area contributed by atoms with Gasteiger partial charge < -0.3 is 38.2 Å². The summed E-state index contributed by atoms with van der Waals surface area (Å²) >= 11 is 0. The summed E-state index contributed by atoms with van der Waals surface area (Å²) in [6.45, 7) is 14.0. The molecule has 0 aliphatic carbocycles. The van der Waals surface area contributed by atoms with Crippen LogP contribution >= 0.6 is 0 Å². The molecular formula is C57H70N2O12. The number of ether oxygens (including phenoxy) is 6. The van der Waals surface area contributed by atoms with E-state index in [0.717, 1.165) is 50.9 Å². The van der Waals surface area contributed by atoms with Gasteiger partial charge in [-0.3, -0.25) is 19.2 Å². The molecule has 0 unspecified atom stereocenters. The molecule has 0 saturated carbocycles. The van der Waals surface area contributed by atoms with Crippen LogP contribution in [0.25, 0.3) is 0 Å². The van der Waals surface area contributed by atoms with Gasteiger partial charge in [0.05, 0.1) is 26.1 Å². The third-order valence-electron chi connectivity index (χ3n) is 11.5. The third kappa shape index (κ3) is 21.3. The molecule has 0 atom stereocenters. The SMILES string of the molecule is C=CC(=O)OCC(COC(=O)C=C)(COC(=O)CCN(CCCC)CCCOc1ccc(C(=O)c2ccccc2)cc1)COC(=O)CCN(CCCC)CCCOc1ccc(C(=O)c2ccccc2)cc1. The van der Waals surface area contributed by atoms with Gasteiger partial charge in [0.2, 0.25) is 0 Å². The molecule has 0 spiro atoms. The van der Waals surface area contributed by atoms with E-state index in [0.29, 0.717) is 86.0 Å². The zero-order chi connectivity index (χ0) is 51.1. The number of benzene rings is 4. The van der Waals surface area contributed by atoms with Crippen molar-refractivity contribution in [1.29, 1.82) is 0 Å². The number of esters is 4. The Kier molecular flexibility index (Phi) is 25.6. The number of carbonyl (C=O) groups is 6. The number of nitrogens with zero attached hydrogens (tertiary/aromatic N) is 2. The maximum atomic E-state index is 13.3. The fraction of sp³-hybridized carbons (Fsp3) is 0.404. The van der Waals surface area contributed by atoms with Gasteiger partial charge in [-0.15, -0.1) is 0 Å². The van der Waals surface area contributed by atoms with Crippen LogP contribution in [0.1, 0.15) is 97.1 Å². The summed E-state index contributed by atoms with van der Waals surface area (Å²) in [6.07, 6.45) is 7.15. The number of rotatable bonds is 36. The molecule has 0 aromatic heterocycles. The van der Waals surface area contributed by atoms with E-state index in [1.54, 1.807) is 72.8 Å². The minimum absolute atomic E-state index is 0.0386. The first-order valence-electron chi connectivity index (χ1n) is 24.5. The van der Waals surface area contributed by atoms with Crippen molar-refractivity contribution in [1.82, 2.24) is 9.80 Å². The summed E-state index contributed by atoms with van der Waals surface area (Å²) in [5.74, 6) is -1.44. The van der Waals surface area contributed by atoms with Crippen LogP contribution in [0.5, 0.6) is 11.5 Å². The highest BCUT2D eigenvalue weighted by molar-refractivity contribution is 6.09. The predicted octanol–water partition coefficient (Wildman–Crippen LogP) is 8.90. The van der Waals surface area contributed by atoms with E-state index in [1.807, 2.05) is 36.4 Å². The molecule has 0 saturated heterocycles. The lowest BCUT2D eigenvalue weighted by molar-refractivity contribution is -0.168. The molecule has 71 heavy (non-hydrogen) atoms. The Morgan fingerprint density at radius 3 is 1.14 bits per heavy atom. The molecule has 0 fully saturated rings. The fourth-order valence-corrected chi connectivity index (χ4v) is 7.23. The summed E-state index contributed by atoms with van der Waals surface area (Å²) in [7, 11) is 0. The Morgan fingerprint density at radius 2 is 0.789 bits per heavy atom. The van der Waals surface area contributed by atoms with Crippen LogP contribution in [-0.4, -0.2) is 124 Å². The Morgan fingerprint density at radius 1 is 0.451 bits per heavy atom. The number of unbranched alkanes of at least 4 members (excludes halogenated alkanes) is 2. The van der Waals surface area contributed by atoms with Gasteiger partial charge in [-0.2, -0.15) is 0 Å². The van der Waals surface area contributed by atoms with E-state index in [9.17, 15) is 28.8 Å². The van der Waals surface area contributed by atoms with Crippen LogP contribution in [0.3, 0.4) is 0 Å². The normalized spacial score (nSPS) is 11.1. The van der Waals surface area contributed by atoms with E-state index < -0.39 is 42.5 Å². The van der Waals surface area contributed by atoms with Crippen molar-refractivity contribution in [3.05, 3.63) is 157 Å². The van der Waals surface area contributed by atoms with Crippen molar-refractivity contribution in [2.24, 2.45) is 5.41 Å².